The smallest absolute Gasteiger partial charge is 0.242 e. The molecule has 4 nitrogen and oxygen atoms in total. The van der Waals surface area contributed by atoms with E-state index in [2.05, 4.69) is 12.2 Å². The molecule has 2 aromatic carbocycles. The van der Waals surface area contributed by atoms with Gasteiger partial charge < -0.3 is 10.2 Å². The summed E-state index contributed by atoms with van der Waals surface area (Å²) in [6, 6.07) is 16.4. The maximum atomic E-state index is 13.0. The summed E-state index contributed by atoms with van der Waals surface area (Å²) in [5, 5.41) is 3.48. The SMILES string of the molecule is CCCCNC(=O)[C@H](C)N(Cc1ccccc1)C(=O)Cc1ccccc1Cl. The Morgan fingerprint density at radius 1 is 1.07 bits per heavy atom. The van der Waals surface area contributed by atoms with Crippen LogP contribution < -0.4 is 5.32 Å². The van der Waals surface area contributed by atoms with Crippen LogP contribution in [0.15, 0.2) is 54.6 Å². The number of rotatable bonds is 9. The second kappa shape index (κ2) is 10.7. The molecule has 0 unspecified atom stereocenters. The van der Waals surface area contributed by atoms with Crippen molar-refractivity contribution >= 4 is 23.4 Å². The Hall–Kier alpha value is -2.33. The normalized spacial score (nSPS) is 11.7. The fourth-order valence-corrected chi connectivity index (χ4v) is 3.01. The topological polar surface area (TPSA) is 49.4 Å². The van der Waals surface area contributed by atoms with Crippen molar-refractivity contribution in [1.82, 2.24) is 10.2 Å². The molecule has 5 heteroatoms. The molecule has 0 bridgehead atoms. The molecule has 0 radical (unpaired) electrons. The third kappa shape index (κ3) is 6.40. The molecular formula is C22H27ClN2O2. The van der Waals surface area contributed by atoms with E-state index in [4.69, 9.17) is 11.6 Å². The van der Waals surface area contributed by atoms with Gasteiger partial charge in [0.1, 0.15) is 6.04 Å². The van der Waals surface area contributed by atoms with E-state index in [1.54, 1.807) is 17.9 Å². The summed E-state index contributed by atoms with van der Waals surface area (Å²) in [5.41, 5.74) is 1.75. The molecule has 0 aliphatic carbocycles. The highest BCUT2D eigenvalue weighted by Crippen LogP contribution is 2.18. The van der Waals surface area contributed by atoms with Crippen molar-refractivity contribution in [3.63, 3.8) is 0 Å². The quantitative estimate of drug-likeness (QED) is 0.656. The number of carbonyl (C=O) groups is 2. The van der Waals surface area contributed by atoms with Crippen molar-refractivity contribution in [2.75, 3.05) is 6.54 Å². The Balaban J connectivity index is 2.16. The molecule has 2 rings (SSSR count). The maximum Gasteiger partial charge on any atom is 0.242 e. The van der Waals surface area contributed by atoms with Crippen LogP contribution >= 0.6 is 11.6 Å². The standard InChI is InChI=1S/C22H27ClN2O2/c1-3-4-14-24-22(27)17(2)25(16-18-10-6-5-7-11-18)21(26)15-19-12-8-9-13-20(19)23/h5-13,17H,3-4,14-16H2,1-2H3,(H,24,27)/t17-/m0/s1. The van der Waals surface area contributed by atoms with Crippen LogP contribution in [-0.2, 0) is 22.6 Å². The third-order valence-electron chi connectivity index (χ3n) is 4.49. The molecule has 1 N–H and O–H groups in total. The van der Waals surface area contributed by atoms with Crippen molar-refractivity contribution in [1.29, 1.82) is 0 Å². The average Bonchev–Trinajstić information content (AvgIpc) is 2.68. The Labute approximate surface area is 166 Å². The molecule has 2 amide bonds. The van der Waals surface area contributed by atoms with E-state index in [0.29, 0.717) is 18.1 Å². The van der Waals surface area contributed by atoms with Gasteiger partial charge >= 0.3 is 0 Å². The van der Waals surface area contributed by atoms with E-state index in [1.807, 2.05) is 48.5 Å². The van der Waals surface area contributed by atoms with Gasteiger partial charge in [-0.25, -0.2) is 0 Å². The molecule has 0 aliphatic heterocycles. The molecule has 0 aliphatic rings. The number of halogens is 1. The molecule has 2 aromatic rings. The van der Waals surface area contributed by atoms with Gasteiger partial charge in [-0.1, -0.05) is 73.5 Å². The van der Waals surface area contributed by atoms with E-state index in [9.17, 15) is 9.59 Å². The van der Waals surface area contributed by atoms with Crippen LogP contribution in [0.5, 0.6) is 0 Å². The first-order chi connectivity index (χ1) is 13.0. The lowest BCUT2D eigenvalue weighted by molar-refractivity contribution is -0.140. The van der Waals surface area contributed by atoms with Crippen LogP contribution in [0.25, 0.3) is 0 Å². The summed E-state index contributed by atoms with van der Waals surface area (Å²) in [4.78, 5) is 27.2. The third-order valence-corrected chi connectivity index (χ3v) is 4.86. The maximum absolute atomic E-state index is 13.0. The van der Waals surface area contributed by atoms with Gasteiger partial charge in [-0.3, -0.25) is 9.59 Å². The fraction of sp³-hybridized carbons (Fsp3) is 0.364. The highest BCUT2D eigenvalue weighted by atomic mass is 35.5. The number of hydrogen-bond acceptors (Lipinski definition) is 2. The lowest BCUT2D eigenvalue weighted by atomic mass is 10.1. The number of nitrogens with zero attached hydrogens (tertiary/aromatic N) is 1. The number of benzene rings is 2. The van der Waals surface area contributed by atoms with Gasteiger partial charge in [0.2, 0.25) is 11.8 Å². The zero-order valence-electron chi connectivity index (χ0n) is 16.0. The number of hydrogen-bond donors (Lipinski definition) is 1. The van der Waals surface area contributed by atoms with Crippen molar-refractivity contribution in [2.45, 2.75) is 45.7 Å². The fourth-order valence-electron chi connectivity index (χ4n) is 2.81. The number of carbonyl (C=O) groups excluding carboxylic acids is 2. The Kier molecular flexibility index (Phi) is 8.34. The van der Waals surface area contributed by atoms with Crippen LogP contribution in [0, 0.1) is 0 Å². The minimum atomic E-state index is -0.558. The summed E-state index contributed by atoms with van der Waals surface area (Å²) < 4.78 is 0. The second-order valence-corrected chi connectivity index (χ2v) is 7.00. The number of amides is 2. The Bertz CT molecular complexity index is 749. The van der Waals surface area contributed by atoms with Crippen molar-refractivity contribution < 1.29 is 9.59 Å². The van der Waals surface area contributed by atoms with Gasteiger partial charge in [-0.15, -0.1) is 0 Å². The highest BCUT2D eigenvalue weighted by molar-refractivity contribution is 6.31. The van der Waals surface area contributed by atoms with Gasteiger partial charge in [0.15, 0.2) is 0 Å². The van der Waals surface area contributed by atoms with Crippen molar-refractivity contribution in [3.8, 4) is 0 Å². The van der Waals surface area contributed by atoms with Gasteiger partial charge in [-0.05, 0) is 30.5 Å². The van der Waals surface area contributed by atoms with Crippen LogP contribution in [0.4, 0.5) is 0 Å². The van der Waals surface area contributed by atoms with Gasteiger partial charge in [0, 0.05) is 18.1 Å². The first-order valence-electron chi connectivity index (χ1n) is 9.37. The molecular weight excluding hydrogens is 360 g/mol. The Morgan fingerprint density at radius 2 is 1.74 bits per heavy atom. The zero-order chi connectivity index (χ0) is 19.6. The predicted molar refractivity (Wildman–Crippen MR) is 110 cm³/mol. The molecule has 0 saturated heterocycles. The minimum Gasteiger partial charge on any atom is -0.354 e. The van der Waals surface area contributed by atoms with Crippen LogP contribution in [-0.4, -0.2) is 29.3 Å². The summed E-state index contributed by atoms with van der Waals surface area (Å²) in [6.07, 6.45) is 2.09. The minimum absolute atomic E-state index is 0.120. The van der Waals surface area contributed by atoms with Crippen molar-refractivity contribution in [2.24, 2.45) is 0 Å². The second-order valence-electron chi connectivity index (χ2n) is 6.60. The lowest BCUT2D eigenvalue weighted by Crippen LogP contribution is -2.48. The summed E-state index contributed by atoms with van der Waals surface area (Å²) in [7, 11) is 0. The predicted octanol–water partition coefficient (Wildman–Crippen LogP) is 4.22. The van der Waals surface area contributed by atoms with Gasteiger partial charge in [-0.2, -0.15) is 0 Å². The van der Waals surface area contributed by atoms with E-state index < -0.39 is 6.04 Å². The van der Waals surface area contributed by atoms with E-state index in [1.165, 1.54) is 0 Å². The molecule has 0 spiro atoms. The number of nitrogens with one attached hydrogen (secondary N) is 1. The van der Waals surface area contributed by atoms with Crippen molar-refractivity contribution in [3.05, 3.63) is 70.7 Å². The van der Waals surface area contributed by atoms with Crippen LogP contribution in [0.2, 0.25) is 5.02 Å². The van der Waals surface area contributed by atoms with Gasteiger partial charge in [0.25, 0.3) is 0 Å². The van der Waals surface area contributed by atoms with Gasteiger partial charge in [0.05, 0.1) is 6.42 Å². The molecule has 0 heterocycles. The summed E-state index contributed by atoms with van der Waals surface area (Å²) in [5.74, 6) is -0.253. The molecule has 0 saturated carbocycles. The first kappa shape index (κ1) is 21.0. The number of unbranched alkanes of at least 4 members (excludes halogenated alkanes) is 1. The molecule has 1 atom stereocenters. The molecule has 0 fully saturated rings. The van der Waals surface area contributed by atoms with Crippen LogP contribution in [0.3, 0.4) is 0 Å². The zero-order valence-corrected chi connectivity index (χ0v) is 16.7. The van der Waals surface area contributed by atoms with Crippen LogP contribution in [0.1, 0.15) is 37.8 Å². The molecule has 0 aromatic heterocycles. The monoisotopic (exact) mass is 386 g/mol. The van der Waals surface area contributed by atoms with E-state index in [-0.39, 0.29) is 18.2 Å². The van der Waals surface area contributed by atoms with E-state index in [0.717, 1.165) is 24.0 Å². The Morgan fingerprint density at radius 3 is 2.41 bits per heavy atom. The lowest BCUT2D eigenvalue weighted by Gasteiger charge is -2.29. The average molecular weight is 387 g/mol. The first-order valence-corrected chi connectivity index (χ1v) is 9.75. The highest BCUT2D eigenvalue weighted by Gasteiger charge is 2.26. The molecule has 144 valence electrons. The summed E-state index contributed by atoms with van der Waals surface area (Å²) in [6.45, 7) is 4.85. The molecule has 27 heavy (non-hydrogen) atoms. The summed E-state index contributed by atoms with van der Waals surface area (Å²) >= 11 is 6.21. The van der Waals surface area contributed by atoms with E-state index >= 15 is 0 Å². The largest absolute Gasteiger partial charge is 0.354 e.